The number of hydrogen-bond donors (Lipinski definition) is 1. The molecule has 7 heteroatoms. The van der Waals surface area contributed by atoms with Gasteiger partial charge in [-0.05, 0) is 38.9 Å². The van der Waals surface area contributed by atoms with E-state index in [1.807, 2.05) is 0 Å². The summed E-state index contributed by atoms with van der Waals surface area (Å²) < 4.78 is 36.5. The highest BCUT2D eigenvalue weighted by molar-refractivity contribution is 5.76. The van der Waals surface area contributed by atoms with Gasteiger partial charge in [-0.25, -0.2) is 0 Å². The highest BCUT2D eigenvalue weighted by Crippen LogP contribution is 2.21. The van der Waals surface area contributed by atoms with Crippen molar-refractivity contribution in [2.45, 2.75) is 31.9 Å². The minimum atomic E-state index is -4.41. The lowest BCUT2D eigenvalue weighted by Crippen LogP contribution is -2.37. The summed E-state index contributed by atoms with van der Waals surface area (Å²) in [6.45, 7) is 3.84. The number of alkyl halides is 3. The van der Waals surface area contributed by atoms with Gasteiger partial charge in [-0.1, -0.05) is 0 Å². The number of rotatable bonds is 5. The summed E-state index contributed by atoms with van der Waals surface area (Å²) in [5.41, 5.74) is 5.42. The van der Waals surface area contributed by atoms with E-state index in [9.17, 15) is 18.0 Å². The van der Waals surface area contributed by atoms with Crippen molar-refractivity contribution in [2.24, 2.45) is 5.73 Å². The average molecular weight is 281 g/mol. The quantitative estimate of drug-likeness (QED) is 0.771. The van der Waals surface area contributed by atoms with Gasteiger partial charge in [0.15, 0.2) is 0 Å². The highest BCUT2D eigenvalue weighted by Gasteiger charge is 2.33. The fraction of sp³-hybridized carbons (Fsp3) is 0.917. The van der Waals surface area contributed by atoms with E-state index in [1.54, 1.807) is 0 Å². The molecule has 0 aromatic heterocycles. The minimum Gasteiger partial charge on any atom is -0.341 e. The Morgan fingerprint density at radius 2 is 1.84 bits per heavy atom. The molecule has 1 aliphatic heterocycles. The summed E-state index contributed by atoms with van der Waals surface area (Å²) in [5, 5.41) is 0. The highest BCUT2D eigenvalue weighted by atomic mass is 19.4. The summed E-state index contributed by atoms with van der Waals surface area (Å²) in [6.07, 6.45) is -3.09. The van der Waals surface area contributed by atoms with Crippen molar-refractivity contribution in [2.75, 3.05) is 39.3 Å². The van der Waals surface area contributed by atoms with E-state index in [1.165, 1.54) is 4.90 Å². The van der Waals surface area contributed by atoms with Crippen molar-refractivity contribution >= 4 is 5.91 Å². The van der Waals surface area contributed by atoms with E-state index in [0.29, 0.717) is 26.2 Å². The second kappa shape index (κ2) is 7.69. The van der Waals surface area contributed by atoms with Crippen LogP contribution in [0.5, 0.6) is 0 Å². The van der Waals surface area contributed by atoms with Gasteiger partial charge in [0.05, 0.1) is 0 Å². The molecule has 1 rings (SSSR count). The number of unbranched alkanes of at least 4 members (excludes halogenated alkanes) is 1. The Morgan fingerprint density at radius 1 is 1.11 bits per heavy atom. The van der Waals surface area contributed by atoms with Crippen LogP contribution in [0.15, 0.2) is 0 Å². The molecule has 0 saturated carbocycles. The topological polar surface area (TPSA) is 49.6 Å². The molecular formula is C12H22F3N3O. The van der Waals surface area contributed by atoms with Gasteiger partial charge in [-0.3, -0.25) is 4.79 Å². The van der Waals surface area contributed by atoms with Crippen molar-refractivity contribution < 1.29 is 18.0 Å². The lowest BCUT2D eigenvalue weighted by molar-refractivity contribution is -0.161. The van der Waals surface area contributed by atoms with Crippen molar-refractivity contribution in [3.63, 3.8) is 0 Å². The molecule has 0 spiro atoms. The lowest BCUT2D eigenvalue weighted by atomic mass is 10.3. The molecule has 0 radical (unpaired) electrons. The smallest absolute Gasteiger partial charge is 0.341 e. The number of nitrogens with zero attached hydrogens (tertiary/aromatic N) is 2. The molecule has 0 bridgehead atoms. The van der Waals surface area contributed by atoms with Gasteiger partial charge in [0.25, 0.3) is 0 Å². The Bertz CT molecular complexity index is 284. The summed E-state index contributed by atoms with van der Waals surface area (Å²) in [6, 6.07) is 0. The first-order valence-corrected chi connectivity index (χ1v) is 6.69. The van der Waals surface area contributed by atoms with Crippen LogP contribution >= 0.6 is 0 Å². The van der Waals surface area contributed by atoms with Crippen LogP contribution < -0.4 is 5.73 Å². The maximum atomic E-state index is 12.2. The molecule has 4 nitrogen and oxygen atoms in total. The van der Waals surface area contributed by atoms with E-state index < -0.39 is 18.5 Å². The second-order valence-corrected chi connectivity index (χ2v) is 4.86. The van der Waals surface area contributed by atoms with Gasteiger partial charge in [0.1, 0.15) is 6.42 Å². The number of carbonyl (C=O) groups excluding carboxylic acids is 1. The third-order valence-electron chi connectivity index (χ3n) is 3.22. The Morgan fingerprint density at radius 3 is 2.47 bits per heavy atom. The first-order valence-electron chi connectivity index (χ1n) is 6.69. The number of halogens is 3. The summed E-state index contributed by atoms with van der Waals surface area (Å²) in [5.74, 6) is -0.809. The molecule has 1 aliphatic rings. The zero-order valence-electron chi connectivity index (χ0n) is 11.1. The number of carbonyl (C=O) groups is 1. The molecule has 0 aromatic carbocycles. The van der Waals surface area contributed by atoms with E-state index in [0.717, 1.165) is 32.4 Å². The van der Waals surface area contributed by atoms with Crippen molar-refractivity contribution in [3.05, 3.63) is 0 Å². The molecule has 0 aliphatic carbocycles. The molecule has 1 heterocycles. The van der Waals surface area contributed by atoms with Crippen molar-refractivity contribution in [3.8, 4) is 0 Å². The predicted octanol–water partition coefficient (Wildman–Crippen LogP) is 1.21. The fourth-order valence-corrected chi connectivity index (χ4v) is 2.21. The third-order valence-corrected chi connectivity index (χ3v) is 3.22. The van der Waals surface area contributed by atoms with Gasteiger partial charge in [0.2, 0.25) is 5.91 Å². The fourth-order valence-electron chi connectivity index (χ4n) is 2.21. The Labute approximate surface area is 111 Å². The first kappa shape index (κ1) is 16.2. The van der Waals surface area contributed by atoms with Gasteiger partial charge in [-0.15, -0.1) is 0 Å². The zero-order valence-corrected chi connectivity index (χ0v) is 11.1. The SMILES string of the molecule is NCCCCN1CCCN(C(=O)CC(F)(F)F)CC1. The van der Waals surface area contributed by atoms with Gasteiger partial charge < -0.3 is 15.5 Å². The van der Waals surface area contributed by atoms with Gasteiger partial charge in [0, 0.05) is 19.6 Å². The van der Waals surface area contributed by atoms with Crippen LogP contribution in [0.2, 0.25) is 0 Å². The molecule has 0 unspecified atom stereocenters. The third kappa shape index (κ3) is 6.77. The molecule has 2 N–H and O–H groups in total. The first-order chi connectivity index (χ1) is 8.92. The summed E-state index contributed by atoms with van der Waals surface area (Å²) in [7, 11) is 0. The van der Waals surface area contributed by atoms with E-state index in [4.69, 9.17) is 5.73 Å². The second-order valence-electron chi connectivity index (χ2n) is 4.86. The molecule has 0 atom stereocenters. The number of amides is 1. The molecule has 112 valence electrons. The van der Waals surface area contributed by atoms with E-state index in [-0.39, 0.29) is 0 Å². The summed E-state index contributed by atoms with van der Waals surface area (Å²) in [4.78, 5) is 15.0. The zero-order chi connectivity index (χ0) is 14.3. The largest absolute Gasteiger partial charge is 0.397 e. The Kier molecular flexibility index (Phi) is 6.57. The van der Waals surface area contributed by atoms with Crippen LogP contribution in [0.25, 0.3) is 0 Å². The van der Waals surface area contributed by atoms with Gasteiger partial charge in [-0.2, -0.15) is 13.2 Å². The van der Waals surface area contributed by atoms with Crippen molar-refractivity contribution in [1.82, 2.24) is 9.80 Å². The number of nitrogens with two attached hydrogens (primary N) is 1. The molecule has 1 saturated heterocycles. The van der Waals surface area contributed by atoms with E-state index in [2.05, 4.69) is 4.90 Å². The average Bonchev–Trinajstić information content (AvgIpc) is 2.53. The van der Waals surface area contributed by atoms with E-state index >= 15 is 0 Å². The minimum absolute atomic E-state index is 0.386. The van der Waals surface area contributed by atoms with Crippen molar-refractivity contribution in [1.29, 1.82) is 0 Å². The van der Waals surface area contributed by atoms with Crippen LogP contribution in [-0.4, -0.2) is 61.2 Å². The standard InChI is InChI=1S/C12H22F3N3O/c13-12(14,15)10-11(19)18-7-3-6-17(8-9-18)5-2-1-4-16/h1-10,16H2. The monoisotopic (exact) mass is 281 g/mol. The molecule has 19 heavy (non-hydrogen) atoms. The van der Waals surface area contributed by atoms with Crippen LogP contribution in [0.1, 0.15) is 25.7 Å². The lowest BCUT2D eigenvalue weighted by Gasteiger charge is -2.22. The van der Waals surface area contributed by atoms with Crippen LogP contribution in [0, 0.1) is 0 Å². The number of hydrogen-bond acceptors (Lipinski definition) is 3. The predicted molar refractivity (Wildman–Crippen MR) is 66.6 cm³/mol. The Balaban J connectivity index is 2.34. The van der Waals surface area contributed by atoms with Gasteiger partial charge >= 0.3 is 6.18 Å². The maximum absolute atomic E-state index is 12.2. The summed E-state index contributed by atoms with van der Waals surface area (Å²) >= 11 is 0. The normalized spacial score (nSPS) is 18.4. The Hall–Kier alpha value is -0.820. The molecule has 1 amide bonds. The maximum Gasteiger partial charge on any atom is 0.397 e. The molecule has 1 fully saturated rings. The van der Waals surface area contributed by atoms with Crippen LogP contribution in [0.3, 0.4) is 0 Å². The van der Waals surface area contributed by atoms with Crippen LogP contribution in [0.4, 0.5) is 13.2 Å². The van der Waals surface area contributed by atoms with Crippen LogP contribution in [-0.2, 0) is 4.79 Å². The molecular weight excluding hydrogens is 259 g/mol. The molecule has 0 aromatic rings.